The summed E-state index contributed by atoms with van der Waals surface area (Å²) in [6.07, 6.45) is 2.71. The van der Waals surface area contributed by atoms with E-state index < -0.39 is 60.7 Å². The predicted octanol–water partition coefficient (Wildman–Crippen LogP) is 11.6. The smallest absolute Gasteiger partial charge is 1.00 e. The van der Waals surface area contributed by atoms with E-state index in [9.17, 15) is 38.2 Å². The Morgan fingerprint density at radius 1 is 0.532 bits per heavy atom. The molecule has 26 heteroatoms. The molecule has 0 amide bonds. The third kappa shape index (κ3) is 36.3. The molecule has 6 aromatic carbocycles. The molecule has 109 heavy (non-hydrogen) atoms. The molecule has 1 N–H and O–H groups in total. The summed E-state index contributed by atoms with van der Waals surface area (Å²) in [7, 11) is -1.18. The molecule has 0 radical (unpaired) electrons. The van der Waals surface area contributed by atoms with Crippen molar-refractivity contribution in [2.45, 2.75) is 183 Å². The van der Waals surface area contributed by atoms with Crippen LogP contribution in [0.1, 0.15) is 136 Å². The van der Waals surface area contributed by atoms with Crippen LogP contribution in [0.15, 0.2) is 205 Å². The summed E-state index contributed by atoms with van der Waals surface area (Å²) in [4.78, 5) is 73.9. The molecule has 19 nitrogen and oxygen atoms in total. The number of rotatable bonds is 31. The van der Waals surface area contributed by atoms with Gasteiger partial charge in [0.15, 0.2) is 23.1 Å². The monoisotopic (exact) mass is 1650 g/mol. The van der Waals surface area contributed by atoms with Crippen molar-refractivity contribution in [3.8, 4) is 0 Å². The fraction of sp³-hybridized carbons (Fsp3) is 0.446. The second-order valence-electron chi connectivity index (χ2n) is 26.3. The van der Waals surface area contributed by atoms with Crippen LogP contribution in [0, 0.1) is 35.5 Å². The van der Waals surface area contributed by atoms with Gasteiger partial charge in [-0.1, -0.05) is 262 Å². The molecule has 3 aliphatic rings. The molecule has 0 heterocycles. The standard InChI is InChI=1S/C25H33O7P.C23H28O4.2C17H22O2.CH2O3.Cl3OP.2K.H/c1-5-22(26)19(2)24(31-16-20-12-8-6-9-13-20)25(23(27)18-33(28,29-3)30-4)32-17-21-14-10-7-11-15-21;1-3-23(25)14-20(24)22(27-16-19-12-8-5-9-13-19)21(17(23)2)26-15-18-10-6-4-7-11-18;2*1-4-15-10-16(18)13(3)17(12(15)2)19-11-14-8-6-5-7-9-14;2-1-4-3;1-5(2,3)4;;;/h6-15,19,24-25H,5,16-18H2,1-4H3;4-13,17,21-22,25H,3,14-16H2,1-2H3;2*5-10,12-13,17H,4,11H2,1-3H3;1,3H;;;;/q;;;;;;2*+1;-1/p-1/t19-,24+,25+;17-,21-,22-,23?;2*12-,13+,17+;;;;;/m1011...../s1. The largest absolute Gasteiger partial charge is 1.00 e. The molecule has 9 rings (SSSR count). The van der Waals surface area contributed by atoms with Crippen LogP contribution in [-0.2, 0) is 120 Å². The van der Waals surface area contributed by atoms with E-state index in [4.69, 9.17) is 47.5 Å². The predicted molar refractivity (Wildman–Crippen MR) is 417 cm³/mol. The third-order valence-corrected chi connectivity index (χ3v) is 21.0. The van der Waals surface area contributed by atoms with Crippen molar-refractivity contribution in [3.05, 3.63) is 239 Å². The number of allylic oxidation sites excluding steroid dienone is 2. The molecule has 1 unspecified atom stereocenters. The van der Waals surface area contributed by atoms with Gasteiger partial charge in [-0.3, -0.25) is 37.9 Å². The van der Waals surface area contributed by atoms with Crippen molar-refractivity contribution in [1.29, 1.82) is 0 Å². The molecule has 13 atom stereocenters. The molecule has 0 aromatic heterocycles. The van der Waals surface area contributed by atoms with Crippen LogP contribution in [-0.4, -0.2) is 103 Å². The van der Waals surface area contributed by atoms with Crippen LogP contribution in [0.4, 0.5) is 0 Å². The van der Waals surface area contributed by atoms with Crippen molar-refractivity contribution < 1.29 is 195 Å². The average Bonchev–Trinajstić information content (AvgIpc) is 0.780. The SMILES string of the molecule is CCC(=O)[C@@H](C)[C@H](OCc1ccccc1)[C@@H](OCc1ccccc1)C(=O)CP(=O)(OC)OC.CCC1(O)CC(=O)[C@H](OCc2ccccc2)[C@@H](OCc2ccccc2)[C@@H]1C.CCC1=CC(=O)[C@H](C)[C@@H](OCc2ccccc2)[C@@H]1C.CCC1=CC(=O)[C@H](C)[C@@H](OCc2ccccc2)[C@@H]1C.O=CO[O-].O=P(Cl)(Cl)Cl.[H-].[K+].[K+]. The number of hydrogen-bond acceptors (Lipinski definition) is 19. The van der Waals surface area contributed by atoms with Crippen LogP contribution in [0.5, 0.6) is 0 Å². The molecule has 0 bridgehead atoms. The summed E-state index contributed by atoms with van der Waals surface area (Å²) in [5.41, 5.74) is 7.47. The molecule has 6 aromatic rings. The van der Waals surface area contributed by atoms with E-state index >= 15 is 0 Å². The molecule has 0 saturated heterocycles. The quantitative estimate of drug-likeness (QED) is 0.0139. The van der Waals surface area contributed by atoms with Gasteiger partial charge in [0.2, 0.25) is 0 Å². The summed E-state index contributed by atoms with van der Waals surface area (Å²) in [5.74, 6) is -0.529. The first-order valence-electron chi connectivity index (χ1n) is 35.9. The number of benzene rings is 6. The van der Waals surface area contributed by atoms with E-state index in [2.05, 4.69) is 90.6 Å². The van der Waals surface area contributed by atoms with Crippen molar-refractivity contribution >= 4 is 81.9 Å². The summed E-state index contributed by atoms with van der Waals surface area (Å²) in [6.45, 7) is 21.8. The number of aliphatic hydroxyl groups is 1. The molecule has 586 valence electrons. The number of carbonyl (C=O) groups excluding carboxylic acids is 6. The van der Waals surface area contributed by atoms with Crippen LogP contribution in [0.2, 0.25) is 0 Å². The van der Waals surface area contributed by atoms with Crippen LogP contribution < -0.4 is 108 Å². The maximum Gasteiger partial charge on any atom is 1.00 e. The van der Waals surface area contributed by atoms with Gasteiger partial charge in [0.25, 0.3) is 6.47 Å². The Morgan fingerprint density at radius 2 is 0.844 bits per heavy atom. The average molecular weight is 1660 g/mol. The molecule has 0 spiro atoms. The van der Waals surface area contributed by atoms with Crippen LogP contribution >= 0.6 is 46.5 Å². The second kappa shape index (κ2) is 54.6. The van der Waals surface area contributed by atoms with Crippen molar-refractivity contribution in [3.63, 3.8) is 0 Å². The Balaban J connectivity index is 0.000000713. The Morgan fingerprint density at radius 3 is 1.15 bits per heavy atom. The zero-order chi connectivity index (χ0) is 79.1. The van der Waals surface area contributed by atoms with Crippen LogP contribution in [0.25, 0.3) is 0 Å². The van der Waals surface area contributed by atoms with Gasteiger partial charge in [0.1, 0.15) is 30.3 Å². The van der Waals surface area contributed by atoms with Gasteiger partial charge >= 0.3 is 116 Å². The first-order valence-corrected chi connectivity index (χ1v) is 42.0. The number of ketones is 5. The Hall–Kier alpha value is -3.18. The van der Waals surface area contributed by atoms with E-state index in [0.717, 1.165) is 46.2 Å². The van der Waals surface area contributed by atoms with Gasteiger partial charge < -0.3 is 54.1 Å². The minimum Gasteiger partial charge on any atom is -1.00 e. The topological polar surface area (TPSA) is 263 Å². The molecule has 1 fully saturated rings. The molecular formula is C83H107Cl3K2O19P2. The first kappa shape index (κ1) is 102. The van der Waals surface area contributed by atoms with Gasteiger partial charge in [-0.25, -0.2) is 0 Å². The number of hydrogen-bond donors (Lipinski definition) is 1. The van der Waals surface area contributed by atoms with E-state index in [-0.39, 0.29) is 183 Å². The summed E-state index contributed by atoms with van der Waals surface area (Å²) in [6, 6.07) is 58.7. The van der Waals surface area contributed by atoms with Crippen molar-refractivity contribution in [2.24, 2.45) is 35.5 Å². The molecule has 0 aliphatic heterocycles. The summed E-state index contributed by atoms with van der Waals surface area (Å²) >= 11 is 13.8. The Kier molecular flexibility index (Phi) is 51.1. The van der Waals surface area contributed by atoms with Gasteiger partial charge in [-0.05, 0) is 98.5 Å². The number of halogens is 3. The maximum absolute atomic E-state index is 13.3. The minimum absolute atomic E-state index is 0. The molecule has 3 aliphatic carbocycles. The van der Waals surface area contributed by atoms with Crippen LogP contribution in [0.3, 0.4) is 0 Å². The fourth-order valence-electron chi connectivity index (χ4n) is 12.6. The normalized spacial score (nSPS) is 21.6. The fourth-order valence-corrected chi connectivity index (χ4v) is 13.5. The van der Waals surface area contributed by atoms with Crippen molar-refractivity contribution in [2.75, 3.05) is 20.4 Å². The Labute approximate surface area is 745 Å². The zero-order valence-corrected chi connectivity index (χ0v) is 75.6. The van der Waals surface area contributed by atoms with E-state index in [0.29, 0.717) is 51.1 Å². The molecule has 1 saturated carbocycles. The first-order chi connectivity index (χ1) is 51.0. The maximum atomic E-state index is 13.3. The van der Waals surface area contributed by atoms with E-state index in [1.807, 2.05) is 198 Å². The third-order valence-electron chi connectivity index (χ3n) is 19.2. The van der Waals surface area contributed by atoms with Gasteiger partial charge in [-0.15, -0.1) is 0 Å². The second-order valence-corrected chi connectivity index (χ2v) is 35.2. The van der Waals surface area contributed by atoms with Gasteiger partial charge in [0, 0.05) is 62.6 Å². The number of ether oxygens (including phenoxy) is 6. The zero-order valence-electron chi connectivity index (χ0n) is 66.3. The Bertz CT molecular complexity index is 3680. The van der Waals surface area contributed by atoms with E-state index in [1.54, 1.807) is 13.8 Å². The molecular weight excluding hydrogens is 1550 g/mol. The summed E-state index contributed by atoms with van der Waals surface area (Å²) in [5, 5.41) is 16.1. The van der Waals surface area contributed by atoms with Gasteiger partial charge in [-0.2, -0.15) is 0 Å². The number of carbonyl (C=O) groups is 6. The van der Waals surface area contributed by atoms with Crippen molar-refractivity contribution in [1.82, 2.24) is 0 Å². The summed E-state index contributed by atoms with van der Waals surface area (Å²) < 4.78 is 68.5. The van der Waals surface area contributed by atoms with Gasteiger partial charge in [0.05, 0.1) is 63.6 Å². The minimum atomic E-state index is -3.63. The number of Topliss-reactive ketones (excluding diaryl/α,β-unsaturated/α-hetero) is 3. The van der Waals surface area contributed by atoms with E-state index in [1.165, 1.54) is 25.4 Å².